The Bertz CT molecular complexity index is 949. The molecule has 6 heteroatoms. The minimum atomic E-state index is -0.331. The minimum absolute atomic E-state index is 0.0314. The molecule has 0 unspecified atom stereocenters. The molecule has 1 atom stereocenters. The van der Waals surface area contributed by atoms with E-state index in [4.69, 9.17) is 0 Å². The lowest BCUT2D eigenvalue weighted by Crippen LogP contribution is -2.22. The zero-order valence-electron chi connectivity index (χ0n) is 14.3. The second-order valence-electron chi connectivity index (χ2n) is 5.95. The maximum Gasteiger partial charge on any atom is 0.237 e. The summed E-state index contributed by atoms with van der Waals surface area (Å²) in [7, 11) is 0. The van der Waals surface area contributed by atoms with E-state index in [9.17, 15) is 9.59 Å². The minimum Gasteiger partial charge on any atom is -0.333 e. The number of nitrogens with one attached hydrogen (secondary N) is 2. The molecular formula is C19H19N3O2S. The number of thioether (sulfide) groups is 1. The second kappa shape index (κ2) is 7.11. The van der Waals surface area contributed by atoms with Crippen molar-refractivity contribution in [1.29, 1.82) is 0 Å². The summed E-state index contributed by atoms with van der Waals surface area (Å²) in [5, 5.41) is 3.22. The van der Waals surface area contributed by atoms with Crippen LogP contribution in [0.2, 0.25) is 0 Å². The number of hydrogen-bond donors (Lipinski definition) is 2. The van der Waals surface area contributed by atoms with E-state index in [2.05, 4.69) is 15.3 Å². The fourth-order valence-electron chi connectivity index (χ4n) is 2.44. The SMILES string of the molecule is CC(=O)c1cccc(NC(=O)[C@H](C)Sc2nc3ccc(C)cc3[nH]2)c1. The molecule has 2 N–H and O–H groups in total. The summed E-state index contributed by atoms with van der Waals surface area (Å²) in [5.74, 6) is -0.168. The highest BCUT2D eigenvalue weighted by molar-refractivity contribution is 8.00. The summed E-state index contributed by atoms with van der Waals surface area (Å²) >= 11 is 1.37. The van der Waals surface area contributed by atoms with Crippen LogP contribution < -0.4 is 5.32 Å². The van der Waals surface area contributed by atoms with Crippen LogP contribution in [0, 0.1) is 6.92 Å². The van der Waals surface area contributed by atoms with Crippen LogP contribution >= 0.6 is 11.8 Å². The van der Waals surface area contributed by atoms with Crippen molar-refractivity contribution in [3.05, 3.63) is 53.6 Å². The molecule has 2 aromatic carbocycles. The van der Waals surface area contributed by atoms with Gasteiger partial charge in [0, 0.05) is 11.3 Å². The van der Waals surface area contributed by atoms with Gasteiger partial charge in [0.05, 0.1) is 16.3 Å². The first-order valence-electron chi connectivity index (χ1n) is 7.97. The van der Waals surface area contributed by atoms with Crippen LogP contribution in [0.1, 0.15) is 29.8 Å². The number of ketones is 1. The zero-order valence-corrected chi connectivity index (χ0v) is 15.1. The van der Waals surface area contributed by atoms with Crippen molar-refractivity contribution in [2.45, 2.75) is 31.2 Å². The Morgan fingerprint density at radius 1 is 1.20 bits per heavy atom. The predicted molar refractivity (Wildman–Crippen MR) is 101 cm³/mol. The summed E-state index contributed by atoms with van der Waals surface area (Å²) in [4.78, 5) is 31.6. The number of Topliss-reactive ketones (excluding diaryl/α,β-unsaturated/α-hetero) is 1. The Balaban J connectivity index is 1.69. The van der Waals surface area contributed by atoms with E-state index in [0.717, 1.165) is 16.6 Å². The predicted octanol–water partition coefficient (Wildman–Crippen LogP) is 4.19. The van der Waals surface area contributed by atoms with E-state index in [0.29, 0.717) is 16.4 Å². The van der Waals surface area contributed by atoms with Crippen molar-refractivity contribution in [3.63, 3.8) is 0 Å². The molecule has 1 heterocycles. The Morgan fingerprint density at radius 3 is 2.76 bits per heavy atom. The molecule has 0 spiro atoms. The van der Waals surface area contributed by atoms with E-state index >= 15 is 0 Å². The average Bonchev–Trinajstić information content (AvgIpc) is 2.96. The standard InChI is InChI=1S/C19H19N3O2S/c1-11-7-8-16-17(9-11)22-19(21-16)25-13(3)18(24)20-15-6-4-5-14(10-15)12(2)23/h4-10,13H,1-3H3,(H,20,24)(H,21,22)/t13-/m0/s1. The fraction of sp³-hybridized carbons (Fsp3) is 0.211. The topological polar surface area (TPSA) is 74.8 Å². The normalized spacial score (nSPS) is 12.1. The Labute approximate surface area is 150 Å². The Kier molecular flexibility index (Phi) is 4.90. The van der Waals surface area contributed by atoms with Gasteiger partial charge in [0.2, 0.25) is 5.91 Å². The summed E-state index contributed by atoms with van der Waals surface area (Å²) in [6.07, 6.45) is 0. The molecule has 0 aliphatic rings. The lowest BCUT2D eigenvalue weighted by molar-refractivity contribution is -0.115. The molecule has 0 saturated heterocycles. The largest absolute Gasteiger partial charge is 0.333 e. The molecule has 1 amide bonds. The van der Waals surface area contributed by atoms with Crippen molar-refractivity contribution in [2.24, 2.45) is 0 Å². The smallest absolute Gasteiger partial charge is 0.237 e. The van der Waals surface area contributed by atoms with Crippen LogP contribution in [-0.2, 0) is 4.79 Å². The zero-order chi connectivity index (χ0) is 18.0. The molecule has 5 nitrogen and oxygen atoms in total. The van der Waals surface area contributed by atoms with Crippen molar-refractivity contribution in [2.75, 3.05) is 5.32 Å². The maximum atomic E-state index is 12.4. The molecular weight excluding hydrogens is 334 g/mol. The van der Waals surface area contributed by atoms with Crippen LogP contribution in [0.5, 0.6) is 0 Å². The van der Waals surface area contributed by atoms with E-state index in [1.54, 1.807) is 24.3 Å². The molecule has 0 saturated carbocycles. The second-order valence-corrected chi connectivity index (χ2v) is 7.28. The van der Waals surface area contributed by atoms with Gasteiger partial charge >= 0.3 is 0 Å². The number of benzene rings is 2. The summed E-state index contributed by atoms with van der Waals surface area (Å²) in [5.41, 5.74) is 4.19. The number of nitrogens with zero attached hydrogens (tertiary/aromatic N) is 1. The molecule has 0 aliphatic heterocycles. The molecule has 25 heavy (non-hydrogen) atoms. The van der Waals surface area contributed by atoms with Gasteiger partial charge in [-0.05, 0) is 50.6 Å². The molecule has 3 aromatic rings. The number of rotatable bonds is 5. The molecule has 0 aliphatic carbocycles. The van der Waals surface area contributed by atoms with Crippen molar-refractivity contribution >= 4 is 40.2 Å². The van der Waals surface area contributed by atoms with Crippen molar-refractivity contribution in [3.8, 4) is 0 Å². The van der Waals surface area contributed by atoms with Crippen molar-refractivity contribution < 1.29 is 9.59 Å². The van der Waals surface area contributed by atoms with Gasteiger partial charge in [-0.2, -0.15) is 0 Å². The average molecular weight is 353 g/mol. The maximum absolute atomic E-state index is 12.4. The van der Waals surface area contributed by atoms with E-state index in [1.807, 2.05) is 32.0 Å². The number of hydrogen-bond acceptors (Lipinski definition) is 4. The van der Waals surface area contributed by atoms with Crippen LogP contribution in [0.3, 0.4) is 0 Å². The number of aromatic nitrogens is 2. The van der Waals surface area contributed by atoms with E-state index < -0.39 is 0 Å². The Hall–Kier alpha value is -2.60. The van der Waals surface area contributed by atoms with Crippen LogP contribution in [0.25, 0.3) is 11.0 Å². The third kappa shape index (κ3) is 4.09. The van der Waals surface area contributed by atoms with Crippen LogP contribution in [0.4, 0.5) is 5.69 Å². The summed E-state index contributed by atoms with van der Waals surface area (Å²) < 4.78 is 0. The first-order valence-corrected chi connectivity index (χ1v) is 8.85. The van der Waals surface area contributed by atoms with Gasteiger partial charge in [0.15, 0.2) is 10.9 Å². The number of carbonyl (C=O) groups excluding carboxylic acids is 2. The van der Waals surface area contributed by atoms with Crippen LogP contribution in [0.15, 0.2) is 47.6 Å². The highest BCUT2D eigenvalue weighted by Crippen LogP contribution is 2.25. The van der Waals surface area contributed by atoms with Gasteiger partial charge in [0.1, 0.15) is 0 Å². The number of fused-ring (bicyclic) bond motifs is 1. The quantitative estimate of drug-likeness (QED) is 0.533. The number of imidazole rings is 1. The third-order valence-corrected chi connectivity index (χ3v) is 4.79. The molecule has 0 fully saturated rings. The molecule has 128 valence electrons. The summed E-state index contributed by atoms with van der Waals surface area (Å²) in [6.45, 7) is 5.36. The van der Waals surface area contributed by atoms with Gasteiger partial charge in [-0.15, -0.1) is 0 Å². The number of carbonyl (C=O) groups is 2. The van der Waals surface area contributed by atoms with Gasteiger partial charge in [0.25, 0.3) is 0 Å². The number of anilines is 1. The van der Waals surface area contributed by atoms with Gasteiger partial charge in [-0.1, -0.05) is 30.0 Å². The summed E-state index contributed by atoms with van der Waals surface area (Å²) in [6, 6.07) is 12.9. The van der Waals surface area contributed by atoms with Gasteiger partial charge in [-0.3, -0.25) is 9.59 Å². The monoisotopic (exact) mass is 353 g/mol. The third-order valence-electron chi connectivity index (χ3n) is 3.81. The molecule has 0 bridgehead atoms. The highest BCUT2D eigenvalue weighted by atomic mass is 32.2. The van der Waals surface area contributed by atoms with Gasteiger partial charge in [-0.25, -0.2) is 4.98 Å². The van der Waals surface area contributed by atoms with Crippen molar-refractivity contribution in [1.82, 2.24) is 9.97 Å². The van der Waals surface area contributed by atoms with Gasteiger partial charge < -0.3 is 10.3 Å². The molecule has 0 radical (unpaired) electrons. The number of aromatic amines is 1. The van der Waals surface area contributed by atoms with E-state index in [-0.39, 0.29) is 16.9 Å². The molecule has 1 aromatic heterocycles. The number of aryl methyl sites for hydroxylation is 1. The fourth-order valence-corrected chi connectivity index (χ4v) is 3.26. The van der Waals surface area contributed by atoms with E-state index in [1.165, 1.54) is 18.7 Å². The Morgan fingerprint density at radius 2 is 2.00 bits per heavy atom. The first kappa shape index (κ1) is 17.2. The lowest BCUT2D eigenvalue weighted by atomic mass is 10.1. The lowest BCUT2D eigenvalue weighted by Gasteiger charge is -2.11. The number of H-pyrrole nitrogens is 1. The highest BCUT2D eigenvalue weighted by Gasteiger charge is 2.17. The first-order chi connectivity index (χ1) is 11.9. The van der Waals surface area contributed by atoms with Crippen LogP contribution in [-0.4, -0.2) is 26.9 Å². The number of amides is 1. The molecule has 3 rings (SSSR count).